The average molecular weight is 249 g/mol. The van der Waals surface area contributed by atoms with Crippen LogP contribution in [0.5, 0.6) is 0 Å². The second-order valence-corrected chi connectivity index (χ2v) is 5.06. The van der Waals surface area contributed by atoms with Crippen LogP contribution in [0.3, 0.4) is 0 Å². The number of nitrogens with zero attached hydrogens (tertiary/aromatic N) is 3. The highest BCUT2D eigenvalue weighted by molar-refractivity contribution is 5.47. The van der Waals surface area contributed by atoms with Gasteiger partial charge in [-0.25, -0.2) is 9.97 Å². The van der Waals surface area contributed by atoms with Crippen LogP contribution in [0.2, 0.25) is 0 Å². The van der Waals surface area contributed by atoms with Crippen LogP contribution in [0, 0.1) is 6.92 Å². The Labute approximate surface area is 109 Å². The van der Waals surface area contributed by atoms with Crippen molar-refractivity contribution in [2.45, 2.75) is 26.3 Å². The van der Waals surface area contributed by atoms with Crippen molar-refractivity contribution >= 4 is 5.82 Å². The number of aromatic nitrogens is 2. The van der Waals surface area contributed by atoms with E-state index in [1.165, 1.54) is 11.3 Å². The van der Waals surface area contributed by atoms with E-state index in [2.05, 4.69) is 39.6 Å². The Balaban J connectivity index is 2.00. The minimum Gasteiger partial charge on any atom is -0.370 e. The van der Waals surface area contributed by atoms with Crippen LogP contribution in [0.15, 0.2) is 0 Å². The van der Waals surface area contributed by atoms with Crippen LogP contribution in [0.25, 0.3) is 0 Å². The molecule has 1 aromatic heterocycles. The number of nitrogens with one attached hydrogen (secondary N) is 2. The molecule has 0 bridgehead atoms. The SMILES string of the molecule is Cc1nc2c(c(NCCCN(C)C)n1)CNCC2. The zero-order valence-corrected chi connectivity index (χ0v) is 11.6. The van der Waals surface area contributed by atoms with Crippen LogP contribution >= 0.6 is 0 Å². The molecule has 100 valence electrons. The van der Waals surface area contributed by atoms with Gasteiger partial charge in [0.05, 0.1) is 5.69 Å². The second-order valence-electron chi connectivity index (χ2n) is 5.06. The molecule has 0 atom stereocenters. The van der Waals surface area contributed by atoms with Crippen molar-refractivity contribution < 1.29 is 0 Å². The van der Waals surface area contributed by atoms with E-state index in [1.807, 2.05) is 6.92 Å². The third kappa shape index (κ3) is 3.40. The summed E-state index contributed by atoms with van der Waals surface area (Å²) in [5, 5.41) is 6.83. The van der Waals surface area contributed by atoms with Crippen molar-refractivity contribution in [3.8, 4) is 0 Å². The summed E-state index contributed by atoms with van der Waals surface area (Å²) in [6.07, 6.45) is 2.13. The molecule has 0 radical (unpaired) electrons. The van der Waals surface area contributed by atoms with E-state index in [0.29, 0.717) is 0 Å². The lowest BCUT2D eigenvalue weighted by Crippen LogP contribution is -2.27. The number of rotatable bonds is 5. The monoisotopic (exact) mass is 249 g/mol. The summed E-state index contributed by atoms with van der Waals surface area (Å²) in [5.41, 5.74) is 2.45. The third-order valence-corrected chi connectivity index (χ3v) is 3.12. The van der Waals surface area contributed by atoms with E-state index < -0.39 is 0 Å². The summed E-state index contributed by atoms with van der Waals surface area (Å²) in [5.74, 6) is 1.88. The number of aryl methyl sites for hydroxylation is 1. The van der Waals surface area contributed by atoms with E-state index in [4.69, 9.17) is 0 Å². The molecule has 2 rings (SSSR count). The van der Waals surface area contributed by atoms with Gasteiger partial charge in [0, 0.05) is 31.6 Å². The maximum atomic E-state index is 4.53. The molecule has 2 heterocycles. The van der Waals surface area contributed by atoms with E-state index in [0.717, 1.165) is 50.7 Å². The van der Waals surface area contributed by atoms with Gasteiger partial charge in [-0.2, -0.15) is 0 Å². The summed E-state index contributed by atoms with van der Waals surface area (Å²) < 4.78 is 0. The fourth-order valence-corrected chi connectivity index (χ4v) is 2.21. The Morgan fingerprint density at radius 2 is 2.17 bits per heavy atom. The maximum absolute atomic E-state index is 4.53. The molecule has 0 fully saturated rings. The first-order valence-corrected chi connectivity index (χ1v) is 6.62. The van der Waals surface area contributed by atoms with Crippen molar-refractivity contribution in [2.75, 3.05) is 39.0 Å². The number of fused-ring (bicyclic) bond motifs is 1. The normalized spacial score (nSPS) is 14.7. The lowest BCUT2D eigenvalue weighted by Gasteiger charge is -2.20. The zero-order valence-electron chi connectivity index (χ0n) is 11.6. The van der Waals surface area contributed by atoms with Gasteiger partial charge in [0.25, 0.3) is 0 Å². The maximum Gasteiger partial charge on any atom is 0.134 e. The average Bonchev–Trinajstić information content (AvgIpc) is 2.34. The van der Waals surface area contributed by atoms with Crippen molar-refractivity contribution in [1.29, 1.82) is 0 Å². The van der Waals surface area contributed by atoms with Crippen molar-refractivity contribution in [3.63, 3.8) is 0 Å². The molecule has 0 aromatic carbocycles. The summed E-state index contributed by atoms with van der Waals surface area (Å²) in [4.78, 5) is 11.3. The fourth-order valence-electron chi connectivity index (χ4n) is 2.21. The molecule has 2 N–H and O–H groups in total. The highest BCUT2D eigenvalue weighted by Gasteiger charge is 2.15. The summed E-state index contributed by atoms with van der Waals surface area (Å²) in [6, 6.07) is 0. The molecule has 5 heteroatoms. The predicted octanol–water partition coefficient (Wildman–Crippen LogP) is 0.794. The first-order chi connectivity index (χ1) is 8.66. The quantitative estimate of drug-likeness (QED) is 0.756. The molecule has 5 nitrogen and oxygen atoms in total. The van der Waals surface area contributed by atoms with E-state index >= 15 is 0 Å². The van der Waals surface area contributed by atoms with Crippen molar-refractivity contribution in [3.05, 3.63) is 17.1 Å². The zero-order chi connectivity index (χ0) is 13.0. The Bertz CT molecular complexity index is 403. The van der Waals surface area contributed by atoms with Crippen molar-refractivity contribution in [1.82, 2.24) is 20.2 Å². The van der Waals surface area contributed by atoms with Crippen LogP contribution in [-0.2, 0) is 13.0 Å². The number of hydrogen-bond acceptors (Lipinski definition) is 5. The Kier molecular flexibility index (Phi) is 4.49. The smallest absolute Gasteiger partial charge is 0.134 e. The van der Waals surface area contributed by atoms with Crippen LogP contribution in [0.4, 0.5) is 5.82 Å². The molecule has 0 spiro atoms. The minimum atomic E-state index is 0.866. The van der Waals surface area contributed by atoms with Gasteiger partial charge in [-0.3, -0.25) is 0 Å². The van der Waals surface area contributed by atoms with Gasteiger partial charge in [-0.1, -0.05) is 0 Å². The Morgan fingerprint density at radius 3 is 2.94 bits per heavy atom. The standard InChI is InChI=1S/C13H23N5/c1-10-16-12-5-7-14-9-11(12)13(17-10)15-6-4-8-18(2)3/h14H,4-9H2,1-3H3,(H,15,16,17). The third-order valence-electron chi connectivity index (χ3n) is 3.12. The summed E-state index contributed by atoms with van der Waals surface area (Å²) in [6.45, 7) is 5.92. The molecule has 1 aliphatic heterocycles. The second kappa shape index (κ2) is 6.11. The van der Waals surface area contributed by atoms with Gasteiger partial charge in [-0.05, 0) is 34.0 Å². The molecule has 0 unspecified atom stereocenters. The minimum absolute atomic E-state index is 0.866. The van der Waals surface area contributed by atoms with Crippen molar-refractivity contribution in [2.24, 2.45) is 0 Å². The molecular formula is C13H23N5. The largest absolute Gasteiger partial charge is 0.370 e. The highest BCUT2D eigenvalue weighted by Crippen LogP contribution is 2.19. The van der Waals surface area contributed by atoms with Gasteiger partial charge in [0.15, 0.2) is 0 Å². The first kappa shape index (κ1) is 13.2. The highest BCUT2D eigenvalue weighted by atomic mass is 15.1. The van der Waals surface area contributed by atoms with Gasteiger partial charge < -0.3 is 15.5 Å². The molecule has 18 heavy (non-hydrogen) atoms. The van der Waals surface area contributed by atoms with Crippen LogP contribution in [-0.4, -0.2) is 48.6 Å². The van der Waals surface area contributed by atoms with Gasteiger partial charge >= 0.3 is 0 Å². The fraction of sp³-hybridized carbons (Fsp3) is 0.692. The molecule has 0 amide bonds. The number of hydrogen-bond donors (Lipinski definition) is 2. The Hall–Kier alpha value is -1.20. The topological polar surface area (TPSA) is 53.1 Å². The van der Waals surface area contributed by atoms with Crippen LogP contribution < -0.4 is 10.6 Å². The van der Waals surface area contributed by atoms with Gasteiger partial charge in [0.2, 0.25) is 0 Å². The molecule has 0 aliphatic carbocycles. The van der Waals surface area contributed by atoms with E-state index in [-0.39, 0.29) is 0 Å². The van der Waals surface area contributed by atoms with E-state index in [1.54, 1.807) is 0 Å². The summed E-state index contributed by atoms with van der Waals surface area (Å²) in [7, 11) is 4.20. The predicted molar refractivity (Wildman–Crippen MR) is 73.8 cm³/mol. The van der Waals surface area contributed by atoms with Gasteiger partial charge in [-0.15, -0.1) is 0 Å². The molecule has 0 saturated carbocycles. The molecule has 1 aromatic rings. The molecular weight excluding hydrogens is 226 g/mol. The van der Waals surface area contributed by atoms with E-state index in [9.17, 15) is 0 Å². The molecule has 1 aliphatic rings. The number of anilines is 1. The molecule has 0 saturated heterocycles. The summed E-state index contributed by atoms with van der Waals surface area (Å²) >= 11 is 0. The lowest BCUT2D eigenvalue weighted by molar-refractivity contribution is 0.405. The van der Waals surface area contributed by atoms with Gasteiger partial charge in [0.1, 0.15) is 11.6 Å². The first-order valence-electron chi connectivity index (χ1n) is 6.62. The lowest BCUT2D eigenvalue weighted by atomic mass is 10.1. The van der Waals surface area contributed by atoms with Crippen LogP contribution in [0.1, 0.15) is 23.5 Å². The Morgan fingerprint density at radius 1 is 1.33 bits per heavy atom.